The molecule has 1 unspecified atom stereocenters. The monoisotopic (exact) mass is 389 g/mol. The average molecular weight is 390 g/mol. The molecule has 5 heteroatoms. The molecule has 5 nitrogen and oxygen atoms in total. The summed E-state index contributed by atoms with van der Waals surface area (Å²) in [5, 5.41) is 8.58. The highest BCUT2D eigenvalue weighted by Crippen LogP contribution is 2.23. The van der Waals surface area contributed by atoms with E-state index >= 15 is 0 Å². The van der Waals surface area contributed by atoms with Crippen LogP contribution in [0.25, 0.3) is 16.9 Å². The van der Waals surface area contributed by atoms with Crippen LogP contribution >= 0.6 is 0 Å². The van der Waals surface area contributed by atoms with Gasteiger partial charge in [-0.05, 0) is 26.1 Å². The zero-order valence-electron chi connectivity index (χ0n) is 17.5. The molecule has 2 aromatic carbocycles. The van der Waals surface area contributed by atoms with Crippen molar-refractivity contribution in [2.75, 3.05) is 39.8 Å². The molecule has 1 atom stereocenters. The first-order valence-corrected chi connectivity index (χ1v) is 10.5. The minimum absolute atomic E-state index is 0.535. The van der Waals surface area contributed by atoms with Crippen molar-refractivity contribution in [3.8, 4) is 16.9 Å². The largest absolute Gasteiger partial charge is 0.311 e. The summed E-state index contributed by atoms with van der Waals surface area (Å²) in [6, 6.07) is 21.3. The lowest BCUT2D eigenvalue weighted by molar-refractivity contribution is 0.118. The number of hydrogen-bond donors (Lipinski definition) is 1. The predicted octanol–water partition coefficient (Wildman–Crippen LogP) is 3.26. The second kappa shape index (κ2) is 9.35. The van der Waals surface area contributed by atoms with E-state index in [2.05, 4.69) is 83.8 Å². The molecule has 4 rings (SSSR count). The standard InChI is InChI=1S/C24H31N5/c1-20(28-15-13-27(2)14-16-28)17-25-18-22-19-29(23-11-7-4-8-12-23)26-24(22)21-9-5-3-6-10-21/h3-12,19-20,25H,13-18H2,1-2H3. The molecule has 2 heterocycles. The Labute approximate surface area is 174 Å². The first-order valence-electron chi connectivity index (χ1n) is 10.5. The smallest absolute Gasteiger partial charge is 0.0972 e. The fourth-order valence-corrected chi connectivity index (χ4v) is 3.90. The van der Waals surface area contributed by atoms with E-state index in [0.717, 1.165) is 56.2 Å². The molecule has 1 saturated heterocycles. The molecule has 0 radical (unpaired) electrons. The van der Waals surface area contributed by atoms with E-state index in [1.165, 1.54) is 5.56 Å². The topological polar surface area (TPSA) is 36.3 Å². The van der Waals surface area contributed by atoms with Crippen LogP contribution in [-0.4, -0.2) is 65.4 Å². The van der Waals surface area contributed by atoms with Crippen LogP contribution < -0.4 is 5.32 Å². The molecule has 0 saturated carbocycles. The van der Waals surface area contributed by atoms with Crippen molar-refractivity contribution < 1.29 is 0 Å². The maximum absolute atomic E-state index is 4.91. The second-order valence-electron chi connectivity index (χ2n) is 7.97. The number of rotatable bonds is 7. The summed E-state index contributed by atoms with van der Waals surface area (Å²) in [7, 11) is 2.20. The molecule has 1 aromatic heterocycles. The summed E-state index contributed by atoms with van der Waals surface area (Å²) in [4.78, 5) is 4.99. The van der Waals surface area contributed by atoms with Crippen molar-refractivity contribution in [3.63, 3.8) is 0 Å². The third-order valence-corrected chi connectivity index (χ3v) is 5.77. The van der Waals surface area contributed by atoms with Crippen molar-refractivity contribution in [2.45, 2.75) is 19.5 Å². The highest BCUT2D eigenvalue weighted by molar-refractivity contribution is 5.63. The fraction of sp³-hybridized carbons (Fsp3) is 0.375. The van der Waals surface area contributed by atoms with Gasteiger partial charge in [-0.3, -0.25) is 4.90 Å². The number of benzene rings is 2. The molecule has 3 aromatic rings. The van der Waals surface area contributed by atoms with E-state index in [1.807, 2.05) is 16.8 Å². The Balaban J connectivity index is 1.46. The SMILES string of the molecule is CC(CNCc1cn(-c2ccccc2)nc1-c1ccccc1)N1CCN(C)CC1. The highest BCUT2D eigenvalue weighted by atomic mass is 15.3. The Morgan fingerprint density at radius 3 is 2.28 bits per heavy atom. The number of nitrogens with zero attached hydrogens (tertiary/aromatic N) is 4. The summed E-state index contributed by atoms with van der Waals surface area (Å²) in [5.41, 5.74) is 4.52. The van der Waals surface area contributed by atoms with Crippen LogP contribution in [0.4, 0.5) is 0 Å². The van der Waals surface area contributed by atoms with Crippen LogP contribution in [0.3, 0.4) is 0 Å². The van der Waals surface area contributed by atoms with Gasteiger partial charge in [-0.15, -0.1) is 0 Å². The summed E-state index contributed by atoms with van der Waals surface area (Å²) < 4.78 is 1.99. The van der Waals surface area contributed by atoms with Gasteiger partial charge in [-0.25, -0.2) is 4.68 Å². The van der Waals surface area contributed by atoms with Crippen LogP contribution in [0.5, 0.6) is 0 Å². The molecule has 29 heavy (non-hydrogen) atoms. The van der Waals surface area contributed by atoms with Crippen molar-refractivity contribution in [1.82, 2.24) is 24.9 Å². The van der Waals surface area contributed by atoms with E-state index in [-0.39, 0.29) is 0 Å². The highest BCUT2D eigenvalue weighted by Gasteiger charge is 2.19. The summed E-state index contributed by atoms with van der Waals surface area (Å²) in [6.07, 6.45) is 2.16. The Hall–Kier alpha value is -2.47. The molecule has 0 bridgehead atoms. The number of nitrogens with one attached hydrogen (secondary N) is 1. The van der Waals surface area contributed by atoms with Gasteiger partial charge in [0.1, 0.15) is 0 Å². The minimum atomic E-state index is 0.535. The molecule has 0 amide bonds. The molecule has 152 valence electrons. The van der Waals surface area contributed by atoms with Gasteiger partial charge < -0.3 is 10.2 Å². The van der Waals surface area contributed by atoms with Crippen LogP contribution in [0.15, 0.2) is 66.9 Å². The lowest BCUT2D eigenvalue weighted by Gasteiger charge is -2.36. The predicted molar refractivity (Wildman–Crippen MR) is 119 cm³/mol. The molecule has 1 N–H and O–H groups in total. The van der Waals surface area contributed by atoms with E-state index in [9.17, 15) is 0 Å². The van der Waals surface area contributed by atoms with Gasteiger partial charge in [0.15, 0.2) is 0 Å². The van der Waals surface area contributed by atoms with E-state index < -0.39 is 0 Å². The molecular formula is C24H31N5. The van der Waals surface area contributed by atoms with Gasteiger partial charge in [-0.1, -0.05) is 48.5 Å². The quantitative estimate of drug-likeness (QED) is 0.673. The van der Waals surface area contributed by atoms with E-state index in [1.54, 1.807) is 0 Å². The van der Waals surface area contributed by atoms with Gasteiger partial charge in [0.05, 0.1) is 11.4 Å². The lowest BCUT2D eigenvalue weighted by atomic mass is 10.1. The third-order valence-electron chi connectivity index (χ3n) is 5.77. The second-order valence-corrected chi connectivity index (χ2v) is 7.97. The van der Waals surface area contributed by atoms with Gasteiger partial charge in [0.25, 0.3) is 0 Å². The number of piperazine rings is 1. The molecule has 0 aliphatic carbocycles. The molecule has 0 spiro atoms. The van der Waals surface area contributed by atoms with Crippen LogP contribution in [0.1, 0.15) is 12.5 Å². The van der Waals surface area contributed by atoms with Crippen LogP contribution in [0, 0.1) is 0 Å². The maximum atomic E-state index is 4.91. The number of hydrogen-bond acceptors (Lipinski definition) is 4. The van der Waals surface area contributed by atoms with Crippen molar-refractivity contribution >= 4 is 0 Å². The molecule has 1 aliphatic rings. The van der Waals surface area contributed by atoms with Crippen LogP contribution in [0.2, 0.25) is 0 Å². The van der Waals surface area contributed by atoms with Gasteiger partial charge in [-0.2, -0.15) is 5.10 Å². The van der Waals surface area contributed by atoms with E-state index in [0.29, 0.717) is 6.04 Å². The fourth-order valence-electron chi connectivity index (χ4n) is 3.90. The average Bonchev–Trinajstić information content (AvgIpc) is 3.19. The van der Waals surface area contributed by atoms with Gasteiger partial charge in [0, 0.05) is 62.6 Å². The number of para-hydroxylation sites is 1. The Morgan fingerprint density at radius 2 is 1.59 bits per heavy atom. The molecule has 1 aliphatic heterocycles. The van der Waals surface area contributed by atoms with Gasteiger partial charge >= 0.3 is 0 Å². The third kappa shape index (κ3) is 4.93. The zero-order chi connectivity index (χ0) is 20.1. The Kier molecular flexibility index (Phi) is 6.39. The zero-order valence-corrected chi connectivity index (χ0v) is 17.5. The summed E-state index contributed by atoms with van der Waals surface area (Å²) >= 11 is 0. The van der Waals surface area contributed by atoms with Crippen molar-refractivity contribution in [2.24, 2.45) is 0 Å². The summed E-state index contributed by atoms with van der Waals surface area (Å²) in [5.74, 6) is 0. The minimum Gasteiger partial charge on any atom is -0.311 e. The van der Waals surface area contributed by atoms with Crippen molar-refractivity contribution in [1.29, 1.82) is 0 Å². The number of likely N-dealkylation sites (N-methyl/N-ethyl adjacent to an activating group) is 1. The lowest BCUT2D eigenvalue weighted by Crippen LogP contribution is -2.50. The van der Waals surface area contributed by atoms with Gasteiger partial charge in [0.2, 0.25) is 0 Å². The van der Waals surface area contributed by atoms with E-state index in [4.69, 9.17) is 5.10 Å². The van der Waals surface area contributed by atoms with Crippen molar-refractivity contribution in [3.05, 3.63) is 72.4 Å². The first-order chi connectivity index (χ1) is 14.2. The Morgan fingerprint density at radius 1 is 0.931 bits per heavy atom. The number of aromatic nitrogens is 2. The summed E-state index contributed by atoms with van der Waals surface area (Å²) in [6.45, 7) is 8.74. The molecule has 1 fully saturated rings. The maximum Gasteiger partial charge on any atom is 0.0972 e. The molecular weight excluding hydrogens is 358 g/mol. The van der Waals surface area contributed by atoms with Crippen LogP contribution in [-0.2, 0) is 6.54 Å². The first kappa shape index (κ1) is 19.8. The normalized spacial score (nSPS) is 16.8. The Bertz CT molecular complexity index is 882.